The Hall–Kier alpha value is -1.94. The highest BCUT2D eigenvalue weighted by Gasteiger charge is 2.53. The average Bonchev–Trinajstić information content (AvgIpc) is 3.02. The standard InChI is InChI=1S/C9H11N5O4S/c15-7-9(12-8(16)11-7)2-4-14(5-9)19(17,18)6-1-3-10-13-6/h1,3H,2,4-5H2,(H,10,13)(H2,11,12,15,16). The highest BCUT2D eigenvalue weighted by Crippen LogP contribution is 2.28. The number of aromatic nitrogens is 2. The predicted octanol–water partition coefficient (Wildman–Crippen LogP) is -1.62. The zero-order chi connectivity index (χ0) is 13.7. The van der Waals surface area contributed by atoms with E-state index >= 15 is 0 Å². The molecule has 2 saturated heterocycles. The molecular formula is C9H11N5O4S. The molecule has 1 atom stereocenters. The van der Waals surface area contributed by atoms with Crippen molar-refractivity contribution in [1.82, 2.24) is 25.1 Å². The zero-order valence-corrected chi connectivity index (χ0v) is 10.5. The number of nitrogens with zero attached hydrogens (tertiary/aromatic N) is 2. The van der Waals surface area contributed by atoms with Gasteiger partial charge in [-0.25, -0.2) is 13.2 Å². The molecule has 1 unspecified atom stereocenters. The fourth-order valence-corrected chi connectivity index (χ4v) is 3.72. The molecule has 10 heteroatoms. The molecule has 2 aliphatic rings. The quantitative estimate of drug-likeness (QED) is 0.563. The molecule has 3 N–H and O–H groups in total. The van der Waals surface area contributed by atoms with E-state index < -0.39 is 27.5 Å². The molecule has 3 heterocycles. The minimum Gasteiger partial charge on any atom is -0.322 e. The van der Waals surface area contributed by atoms with Gasteiger partial charge in [0, 0.05) is 13.1 Å². The van der Waals surface area contributed by atoms with Crippen LogP contribution in [0.1, 0.15) is 6.42 Å². The lowest BCUT2D eigenvalue weighted by atomic mass is 10.00. The maximum Gasteiger partial charge on any atom is 0.322 e. The molecule has 1 aromatic rings. The highest BCUT2D eigenvalue weighted by molar-refractivity contribution is 7.89. The van der Waals surface area contributed by atoms with E-state index in [-0.39, 0.29) is 24.5 Å². The van der Waals surface area contributed by atoms with Gasteiger partial charge < -0.3 is 5.32 Å². The maximum atomic E-state index is 12.2. The van der Waals surface area contributed by atoms with Crippen LogP contribution in [0, 0.1) is 0 Å². The van der Waals surface area contributed by atoms with Crippen LogP contribution in [-0.4, -0.2) is 53.5 Å². The van der Waals surface area contributed by atoms with E-state index in [4.69, 9.17) is 0 Å². The molecule has 0 aromatic carbocycles. The number of aromatic amines is 1. The minimum atomic E-state index is -3.72. The molecule has 0 bridgehead atoms. The number of hydrogen-bond acceptors (Lipinski definition) is 5. The van der Waals surface area contributed by atoms with E-state index in [9.17, 15) is 18.0 Å². The molecule has 19 heavy (non-hydrogen) atoms. The van der Waals surface area contributed by atoms with Gasteiger partial charge >= 0.3 is 6.03 Å². The summed E-state index contributed by atoms with van der Waals surface area (Å²) < 4.78 is 25.6. The number of nitrogens with one attached hydrogen (secondary N) is 3. The van der Waals surface area contributed by atoms with Gasteiger partial charge in [0.2, 0.25) is 0 Å². The average molecular weight is 285 g/mol. The van der Waals surface area contributed by atoms with Crippen molar-refractivity contribution >= 4 is 22.0 Å². The van der Waals surface area contributed by atoms with Gasteiger partial charge in [-0.15, -0.1) is 0 Å². The summed E-state index contributed by atoms with van der Waals surface area (Å²) in [5.74, 6) is -0.486. The fourth-order valence-electron chi connectivity index (χ4n) is 2.32. The predicted molar refractivity (Wildman–Crippen MR) is 61.4 cm³/mol. The van der Waals surface area contributed by atoms with Crippen molar-refractivity contribution in [2.45, 2.75) is 17.0 Å². The zero-order valence-electron chi connectivity index (χ0n) is 9.71. The number of urea groups is 1. The lowest BCUT2D eigenvalue weighted by Gasteiger charge is -2.20. The van der Waals surface area contributed by atoms with E-state index in [1.165, 1.54) is 12.3 Å². The molecule has 9 nitrogen and oxygen atoms in total. The molecule has 102 valence electrons. The van der Waals surface area contributed by atoms with E-state index in [0.717, 1.165) is 4.31 Å². The van der Waals surface area contributed by atoms with Gasteiger partial charge in [0.25, 0.3) is 15.9 Å². The highest BCUT2D eigenvalue weighted by atomic mass is 32.2. The molecular weight excluding hydrogens is 274 g/mol. The Balaban J connectivity index is 1.88. The number of imide groups is 1. The second-order valence-corrected chi connectivity index (χ2v) is 6.41. The first-order chi connectivity index (χ1) is 8.94. The number of amides is 3. The van der Waals surface area contributed by atoms with Crippen LogP contribution in [-0.2, 0) is 14.8 Å². The number of rotatable bonds is 2. The second-order valence-electron chi connectivity index (χ2n) is 4.50. The molecule has 1 spiro atoms. The van der Waals surface area contributed by atoms with Crippen LogP contribution in [0.4, 0.5) is 4.79 Å². The lowest BCUT2D eigenvalue weighted by molar-refractivity contribution is -0.123. The van der Waals surface area contributed by atoms with Crippen LogP contribution in [0.5, 0.6) is 0 Å². The SMILES string of the molecule is O=C1NC(=O)C2(CCN(S(=O)(=O)c3ccn[nH]3)C2)N1. The lowest BCUT2D eigenvalue weighted by Crippen LogP contribution is -2.49. The van der Waals surface area contributed by atoms with Crippen molar-refractivity contribution in [3.05, 3.63) is 12.3 Å². The Labute approximate surface area is 108 Å². The summed E-state index contributed by atoms with van der Waals surface area (Å²) in [6, 6.07) is 0.749. The van der Waals surface area contributed by atoms with E-state index in [0.29, 0.717) is 0 Å². The van der Waals surface area contributed by atoms with E-state index in [2.05, 4.69) is 20.8 Å². The summed E-state index contributed by atoms with van der Waals surface area (Å²) in [7, 11) is -3.72. The van der Waals surface area contributed by atoms with Gasteiger partial charge in [-0.05, 0) is 12.5 Å². The van der Waals surface area contributed by atoms with Gasteiger partial charge in [-0.2, -0.15) is 9.40 Å². The van der Waals surface area contributed by atoms with Crippen molar-refractivity contribution in [1.29, 1.82) is 0 Å². The first-order valence-electron chi connectivity index (χ1n) is 5.57. The van der Waals surface area contributed by atoms with Crippen LogP contribution in [0.15, 0.2) is 17.3 Å². The van der Waals surface area contributed by atoms with Crippen LogP contribution in [0.2, 0.25) is 0 Å². The summed E-state index contributed by atoms with van der Waals surface area (Å²) in [5.41, 5.74) is -1.15. The number of carbonyl (C=O) groups is 2. The van der Waals surface area contributed by atoms with Crippen LogP contribution >= 0.6 is 0 Å². The van der Waals surface area contributed by atoms with Crippen molar-refractivity contribution in [2.24, 2.45) is 0 Å². The molecule has 2 fully saturated rings. The Kier molecular flexibility index (Phi) is 2.41. The largest absolute Gasteiger partial charge is 0.322 e. The molecule has 0 radical (unpaired) electrons. The van der Waals surface area contributed by atoms with E-state index in [1.54, 1.807) is 0 Å². The smallest absolute Gasteiger partial charge is 0.322 e. The molecule has 0 aliphatic carbocycles. The van der Waals surface area contributed by atoms with Crippen LogP contribution in [0.25, 0.3) is 0 Å². The summed E-state index contributed by atoms with van der Waals surface area (Å²) in [6.45, 7) is 0.0843. The summed E-state index contributed by atoms with van der Waals surface area (Å²) in [6.07, 6.45) is 1.58. The topological polar surface area (TPSA) is 124 Å². The van der Waals surface area contributed by atoms with Crippen molar-refractivity contribution in [2.75, 3.05) is 13.1 Å². The van der Waals surface area contributed by atoms with E-state index in [1.807, 2.05) is 0 Å². The first-order valence-corrected chi connectivity index (χ1v) is 7.01. The van der Waals surface area contributed by atoms with Gasteiger partial charge in [-0.3, -0.25) is 15.2 Å². The van der Waals surface area contributed by atoms with Crippen molar-refractivity contribution < 1.29 is 18.0 Å². The molecule has 1 aromatic heterocycles. The van der Waals surface area contributed by atoms with Crippen LogP contribution < -0.4 is 10.6 Å². The Bertz CT molecular complexity index is 640. The Morgan fingerprint density at radius 1 is 1.37 bits per heavy atom. The summed E-state index contributed by atoms with van der Waals surface area (Å²) in [4.78, 5) is 22.9. The third-order valence-electron chi connectivity index (χ3n) is 3.34. The van der Waals surface area contributed by atoms with Crippen LogP contribution in [0.3, 0.4) is 0 Å². The molecule has 0 saturated carbocycles. The molecule has 2 aliphatic heterocycles. The van der Waals surface area contributed by atoms with Gasteiger partial charge in [0.1, 0.15) is 5.54 Å². The molecule has 3 amide bonds. The van der Waals surface area contributed by atoms with Gasteiger partial charge in [0.15, 0.2) is 5.03 Å². The van der Waals surface area contributed by atoms with Gasteiger partial charge in [-0.1, -0.05) is 0 Å². The fraction of sp³-hybridized carbons (Fsp3) is 0.444. The maximum absolute atomic E-state index is 12.2. The monoisotopic (exact) mass is 285 g/mol. The number of carbonyl (C=O) groups excluding carboxylic acids is 2. The summed E-state index contributed by atoms with van der Waals surface area (Å²) >= 11 is 0. The van der Waals surface area contributed by atoms with Gasteiger partial charge in [0.05, 0.1) is 6.20 Å². The molecule has 3 rings (SSSR count). The second kappa shape index (κ2) is 3.78. The Morgan fingerprint density at radius 3 is 2.74 bits per heavy atom. The van der Waals surface area contributed by atoms with Crippen molar-refractivity contribution in [3.63, 3.8) is 0 Å². The first kappa shape index (κ1) is 12.1. The third kappa shape index (κ3) is 1.71. The summed E-state index contributed by atoms with van der Waals surface area (Å²) in [5, 5.41) is 10.6. The number of H-pyrrole nitrogens is 1. The number of hydrogen-bond donors (Lipinski definition) is 3. The third-order valence-corrected chi connectivity index (χ3v) is 5.12. The normalized spacial score (nSPS) is 27.8. The number of sulfonamides is 1. The minimum absolute atomic E-state index is 0.0331. The Morgan fingerprint density at radius 2 is 2.16 bits per heavy atom. The van der Waals surface area contributed by atoms with Crippen molar-refractivity contribution in [3.8, 4) is 0 Å².